The van der Waals surface area contributed by atoms with Crippen molar-refractivity contribution in [1.29, 1.82) is 0 Å². The maximum Gasteiger partial charge on any atom is 0.306 e. The number of carboxylic acids is 1. The molecule has 0 saturated carbocycles. The van der Waals surface area contributed by atoms with Gasteiger partial charge in [-0.1, -0.05) is 23.8 Å². The highest BCUT2D eigenvalue weighted by molar-refractivity contribution is 5.68. The van der Waals surface area contributed by atoms with E-state index in [1.807, 2.05) is 0 Å². The molecular weight excluding hydrogens is 216 g/mol. The zero-order valence-electron chi connectivity index (χ0n) is 10.3. The third-order valence-corrected chi connectivity index (χ3v) is 3.63. The van der Waals surface area contributed by atoms with Crippen LogP contribution < -0.4 is 0 Å². The van der Waals surface area contributed by atoms with Gasteiger partial charge in [-0.25, -0.2) is 0 Å². The molecule has 1 aromatic rings. The molecule has 0 heterocycles. The van der Waals surface area contributed by atoms with Crippen molar-refractivity contribution in [1.82, 2.24) is 0 Å². The van der Waals surface area contributed by atoms with Gasteiger partial charge in [0, 0.05) is 13.5 Å². The van der Waals surface area contributed by atoms with Gasteiger partial charge >= 0.3 is 5.97 Å². The van der Waals surface area contributed by atoms with Crippen LogP contribution in [0.5, 0.6) is 0 Å². The van der Waals surface area contributed by atoms with Crippen molar-refractivity contribution in [2.24, 2.45) is 0 Å². The second-order valence-electron chi connectivity index (χ2n) is 4.91. The van der Waals surface area contributed by atoms with Gasteiger partial charge in [-0.05, 0) is 30.9 Å². The van der Waals surface area contributed by atoms with Gasteiger partial charge in [-0.3, -0.25) is 4.79 Å². The Labute approximate surface area is 101 Å². The van der Waals surface area contributed by atoms with Crippen LogP contribution in [0, 0.1) is 6.92 Å². The molecule has 92 valence electrons. The van der Waals surface area contributed by atoms with Crippen LogP contribution in [0.1, 0.15) is 29.5 Å². The van der Waals surface area contributed by atoms with Gasteiger partial charge in [0.2, 0.25) is 0 Å². The van der Waals surface area contributed by atoms with Gasteiger partial charge in [0.15, 0.2) is 0 Å². The maximum absolute atomic E-state index is 10.9. The van der Waals surface area contributed by atoms with Gasteiger partial charge in [0.05, 0.1) is 12.0 Å². The van der Waals surface area contributed by atoms with Crippen LogP contribution in [0.3, 0.4) is 0 Å². The molecule has 17 heavy (non-hydrogen) atoms. The Hall–Kier alpha value is -1.35. The molecule has 1 atom stereocenters. The molecule has 1 unspecified atom stereocenters. The highest BCUT2D eigenvalue weighted by Gasteiger charge is 2.36. The third kappa shape index (κ3) is 2.50. The Kier molecular flexibility index (Phi) is 3.20. The highest BCUT2D eigenvalue weighted by Crippen LogP contribution is 2.34. The second kappa shape index (κ2) is 4.49. The molecule has 3 nitrogen and oxygen atoms in total. The molecule has 1 aliphatic carbocycles. The zero-order valence-corrected chi connectivity index (χ0v) is 10.3. The first-order valence-corrected chi connectivity index (χ1v) is 5.90. The molecule has 3 heteroatoms. The van der Waals surface area contributed by atoms with E-state index in [9.17, 15) is 4.79 Å². The summed E-state index contributed by atoms with van der Waals surface area (Å²) in [5, 5.41) is 8.98. The summed E-state index contributed by atoms with van der Waals surface area (Å²) < 4.78 is 5.51. The lowest BCUT2D eigenvalue weighted by atomic mass is 9.78. The summed E-state index contributed by atoms with van der Waals surface area (Å²) in [7, 11) is 1.61. The van der Waals surface area contributed by atoms with Crippen LogP contribution in [0.15, 0.2) is 18.2 Å². The van der Waals surface area contributed by atoms with Crippen molar-refractivity contribution in [2.75, 3.05) is 7.11 Å². The first-order valence-electron chi connectivity index (χ1n) is 5.90. The van der Waals surface area contributed by atoms with Crippen molar-refractivity contribution < 1.29 is 14.6 Å². The van der Waals surface area contributed by atoms with E-state index in [0.717, 1.165) is 12.8 Å². The minimum atomic E-state index is -0.789. The number of ether oxygens (including phenoxy) is 1. The number of aryl methyl sites for hydroxylation is 2. The molecule has 0 amide bonds. The lowest BCUT2D eigenvalue weighted by Crippen LogP contribution is -2.40. The lowest BCUT2D eigenvalue weighted by molar-refractivity contribution is -0.144. The van der Waals surface area contributed by atoms with Crippen molar-refractivity contribution in [2.45, 2.75) is 38.2 Å². The summed E-state index contributed by atoms with van der Waals surface area (Å²) in [5.74, 6) is -0.789. The molecule has 0 aromatic heterocycles. The average molecular weight is 234 g/mol. The number of carboxylic acid groups (broad SMARTS) is 1. The van der Waals surface area contributed by atoms with Crippen LogP contribution in [0.2, 0.25) is 0 Å². The lowest BCUT2D eigenvalue weighted by Gasteiger charge is -2.36. The first kappa shape index (κ1) is 12.1. The summed E-state index contributed by atoms with van der Waals surface area (Å²) in [6.45, 7) is 2.06. The topological polar surface area (TPSA) is 46.5 Å². The molecule has 0 spiro atoms. The van der Waals surface area contributed by atoms with Gasteiger partial charge in [-0.2, -0.15) is 0 Å². The monoisotopic (exact) mass is 234 g/mol. The molecule has 0 radical (unpaired) electrons. The number of methoxy groups -OCH3 is 1. The number of hydrogen-bond donors (Lipinski definition) is 1. The van der Waals surface area contributed by atoms with Crippen molar-refractivity contribution in [3.05, 3.63) is 34.9 Å². The molecular formula is C14H18O3. The third-order valence-electron chi connectivity index (χ3n) is 3.63. The smallest absolute Gasteiger partial charge is 0.306 e. The van der Waals surface area contributed by atoms with Crippen LogP contribution in [0.25, 0.3) is 0 Å². The molecule has 1 N–H and O–H groups in total. The van der Waals surface area contributed by atoms with E-state index < -0.39 is 11.6 Å². The molecule has 0 saturated heterocycles. The summed E-state index contributed by atoms with van der Waals surface area (Å²) in [4.78, 5) is 10.9. The summed E-state index contributed by atoms with van der Waals surface area (Å²) in [5.41, 5.74) is 3.26. The Morgan fingerprint density at radius 2 is 2.24 bits per heavy atom. The molecule has 0 aliphatic heterocycles. The fraction of sp³-hybridized carbons (Fsp3) is 0.500. The van der Waals surface area contributed by atoms with E-state index in [4.69, 9.17) is 9.84 Å². The Morgan fingerprint density at radius 1 is 1.47 bits per heavy atom. The van der Waals surface area contributed by atoms with Gasteiger partial charge in [-0.15, -0.1) is 0 Å². The van der Waals surface area contributed by atoms with Crippen LogP contribution in [0.4, 0.5) is 0 Å². The minimum absolute atomic E-state index is 0.0802. The normalized spacial score (nSPS) is 23.2. The largest absolute Gasteiger partial charge is 0.481 e. The Bertz CT molecular complexity index is 439. The van der Waals surface area contributed by atoms with E-state index in [-0.39, 0.29) is 6.42 Å². The summed E-state index contributed by atoms with van der Waals surface area (Å²) in [6.07, 6.45) is 2.46. The quantitative estimate of drug-likeness (QED) is 0.873. The number of carbonyl (C=O) groups is 1. The van der Waals surface area contributed by atoms with Crippen LogP contribution in [-0.4, -0.2) is 23.8 Å². The number of fused-ring (bicyclic) bond motifs is 1. The van der Waals surface area contributed by atoms with E-state index in [2.05, 4.69) is 25.1 Å². The second-order valence-corrected chi connectivity index (χ2v) is 4.91. The van der Waals surface area contributed by atoms with E-state index in [1.165, 1.54) is 16.7 Å². The molecule has 1 aromatic carbocycles. The van der Waals surface area contributed by atoms with Crippen molar-refractivity contribution in [3.63, 3.8) is 0 Å². The SMILES string of the molecule is COC1(CC(=O)O)CCc2ccc(C)cc2C1. The van der Waals surface area contributed by atoms with E-state index >= 15 is 0 Å². The van der Waals surface area contributed by atoms with E-state index in [0.29, 0.717) is 6.42 Å². The molecule has 2 rings (SSSR count). The fourth-order valence-electron chi connectivity index (χ4n) is 2.63. The predicted octanol–water partition coefficient (Wildman–Crippen LogP) is 2.34. The number of aliphatic carboxylic acids is 1. The predicted molar refractivity (Wildman–Crippen MR) is 65.2 cm³/mol. The summed E-state index contributed by atoms with van der Waals surface area (Å²) in [6, 6.07) is 6.39. The first-order chi connectivity index (χ1) is 8.04. The van der Waals surface area contributed by atoms with Gasteiger partial charge in [0.1, 0.15) is 0 Å². The molecule has 0 bridgehead atoms. The molecule has 1 aliphatic rings. The number of hydrogen-bond acceptors (Lipinski definition) is 2. The Balaban J connectivity index is 2.28. The van der Waals surface area contributed by atoms with Crippen molar-refractivity contribution >= 4 is 5.97 Å². The minimum Gasteiger partial charge on any atom is -0.481 e. The standard InChI is InChI=1S/C14H18O3/c1-10-3-4-11-5-6-14(17-2,9-13(15)16)8-12(11)7-10/h3-4,7H,5-6,8-9H2,1-2H3,(H,15,16). The number of benzene rings is 1. The van der Waals surface area contributed by atoms with Crippen molar-refractivity contribution in [3.8, 4) is 0 Å². The zero-order chi connectivity index (χ0) is 12.5. The highest BCUT2D eigenvalue weighted by atomic mass is 16.5. The van der Waals surface area contributed by atoms with Gasteiger partial charge in [0.25, 0.3) is 0 Å². The average Bonchev–Trinajstić information content (AvgIpc) is 2.27. The van der Waals surface area contributed by atoms with Crippen LogP contribution >= 0.6 is 0 Å². The number of rotatable bonds is 3. The summed E-state index contributed by atoms with van der Waals surface area (Å²) >= 11 is 0. The molecule has 0 fully saturated rings. The van der Waals surface area contributed by atoms with Crippen LogP contribution in [-0.2, 0) is 22.4 Å². The Morgan fingerprint density at radius 3 is 2.88 bits per heavy atom. The maximum atomic E-state index is 10.9. The van der Waals surface area contributed by atoms with Gasteiger partial charge < -0.3 is 9.84 Å². The fourth-order valence-corrected chi connectivity index (χ4v) is 2.63. The van der Waals surface area contributed by atoms with E-state index in [1.54, 1.807) is 7.11 Å².